The SMILES string of the molecule is N#CCc1cc(C(F)F)c(Br)nc1[N+](=O)[O-]. The third kappa shape index (κ3) is 2.49. The lowest BCUT2D eigenvalue weighted by molar-refractivity contribution is -0.390. The van der Waals surface area contributed by atoms with Crippen LogP contribution in [0.5, 0.6) is 0 Å². The van der Waals surface area contributed by atoms with Crippen molar-refractivity contribution >= 4 is 21.7 Å². The first-order valence-electron chi connectivity index (χ1n) is 3.96. The first kappa shape index (κ1) is 12.4. The fraction of sp³-hybridized carbons (Fsp3) is 0.250. The second kappa shape index (κ2) is 4.94. The van der Waals surface area contributed by atoms with Gasteiger partial charge in [-0.05, 0) is 16.0 Å². The number of halogens is 3. The summed E-state index contributed by atoms with van der Waals surface area (Å²) in [5.74, 6) is -0.585. The Morgan fingerprint density at radius 2 is 2.31 bits per heavy atom. The molecule has 0 aromatic carbocycles. The van der Waals surface area contributed by atoms with Gasteiger partial charge >= 0.3 is 5.82 Å². The maximum absolute atomic E-state index is 12.5. The summed E-state index contributed by atoms with van der Waals surface area (Å²) in [6.45, 7) is 0. The van der Waals surface area contributed by atoms with Gasteiger partial charge in [-0.25, -0.2) is 8.78 Å². The van der Waals surface area contributed by atoms with Crippen LogP contribution in [0.15, 0.2) is 10.7 Å². The summed E-state index contributed by atoms with van der Waals surface area (Å²) in [6.07, 6.45) is -3.14. The van der Waals surface area contributed by atoms with Gasteiger partial charge in [0.1, 0.15) is 0 Å². The van der Waals surface area contributed by atoms with Crippen molar-refractivity contribution in [2.75, 3.05) is 0 Å². The number of hydrogen-bond donors (Lipinski definition) is 0. The van der Waals surface area contributed by atoms with Crippen LogP contribution in [-0.2, 0) is 6.42 Å². The molecule has 0 aliphatic carbocycles. The highest BCUT2D eigenvalue weighted by Gasteiger charge is 2.24. The molecule has 16 heavy (non-hydrogen) atoms. The molecule has 0 aliphatic heterocycles. The van der Waals surface area contributed by atoms with Gasteiger partial charge in [-0.3, -0.25) is 0 Å². The van der Waals surface area contributed by atoms with Crippen molar-refractivity contribution in [1.82, 2.24) is 4.98 Å². The molecule has 0 amide bonds. The zero-order valence-electron chi connectivity index (χ0n) is 7.65. The molecule has 1 aromatic rings. The van der Waals surface area contributed by atoms with E-state index in [9.17, 15) is 18.9 Å². The number of rotatable bonds is 3. The van der Waals surface area contributed by atoms with Crippen molar-refractivity contribution in [3.05, 3.63) is 31.9 Å². The molecular formula is C8H4BrF2N3O2. The molecule has 8 heteroatoms. The summed E-state index contributed by atoms with van der Waals surface area (Å²) in [6, 6.07) is 2.58. The van der Waals surface area contributed by atoms with Gasteiger partial charge < -0.3 is 10.1 Å². The molecule has 0 fully saturated rings. The highest BCUT2D eigenvalue weighted by atomic mass is 79.9. The van der Waals surface area contributed by atoms with E-state index in [1.807, 2.05) is 0 Å². The first-order chi connectivity index (χ1) is 7.47. The predicted octanol–water partition coefficient (Wildman–Crippen LogP) is 2.76. The molecule has 1 aromatic heterocycles. The quantitative estimate of drug-likeness (QED) is 0.487. The summed E-state index contributed by atoms with van der Waals surface area (Å²) in [5.41, 5.74) is -0.582. The predicted molar refractivity (Wildman–Crippen MR) is 52.9 cm³/mol. The van der Waals surface area contributed by atoms with Gasteiger partial charge in [0.15, 0.2) is 0 Å². The van der Waals surface area contributed by atoms with Crippen LogP contribution in [0.3, 0.4) is 0 Å². The third-order valence-corrected chi connectivity index (χ3v) is 2.37. The monoisotopic (exact) mass is 291 g/mol. The molecule has 0 aliphatic rings. The second-order valence-electron chi connectivity index (χ2n) is 2.74. The maximum atomic E-state index is 12.5. The van der Waals surface area contributed by atoms with E-state index >= 15 is 0 Å². The highest BCUT2D eigenvalue weighted by Crippen LogP contribution is 2.30. The van der Waals surface area contributed by atoms with Crippen molar-refractivity contribution in [1.29, 1.82) is 5.26 Å². The Morgan fingerprint density at radius 3 is 2.75 bits per heavy atom. The van der Waals surface area contributed by atoms with E-state index in [2.05, 4.69) is 20.9 Å². The van der Waals surface area contributed by atoms with Crippen molar-refractivity contribution in [3.63, 3.8) is 0 Å². The zero-order chi connectivity index (χ0) is 12.3. The number of nitrogens with zero attached hydrogens (tertiary/aromatic N) is 3. The van der Waals surface area contributed by atoms with Gasteiger partial charge in [-0.1, -0.05) is 0 Å². The topological polar surface area (TPSA) is 79.8 Å². The number of pyridine rings is 1. The Hall–Kier alpha value is -1.62. The summed E-state index contributed by atoms with van der Waals surface area (Å²) in [4.78, 5) is 13.1. The number of aromatic nitrogens is 1. The van der Waals surface area contributed by atoms with E-state index in [1.165, 1.54) is 0 Å². The first-order valence-corrected chi connectivity index (χ1v) is 4.75. The van der Waals surface area contributed by atoms with Gasteiger partial charge in [-0.15, -0.1) is 0 Å². The Bertz CT molecular complexity index is 473. The van der Waals surface area contributed by atoms with Gasteiger partial charge in [0.05, 0.1) is 23.6 Å². The molecule has 0 atom stereocenters. The second-order valence-corrected chi connectivity index (χ2v) is 3.49. The third-order valence-electron chi connectivity index (χ3n) is 1.74. The molecule has 0 spiro atoms. The molecule has 84 valence electrons. The molecule has 1 rings (SSSR count). The standard InChI is InChI=1S/C8H4BrF2N3O2/c9-6-5(7(10)11)3-4(1-2-12)8(13-6)14(15)16/h3,7H,1H2. The number of nitro groups is 1. The Balaban J connectivity index is 3.38. The Morgan fingerprint density at radius 1 is 1.69 bits per heavy atom. The van der Waals surface area contributed by atoms with E-state index in [4.69, 9.17) is 5.26 Å². The van der Waals surface area contributed by atoms with Crippen molar-refractivity contribution < 1.29 is 13.7 Å². The van der Waals surface area contributed by atoms with E-state index in [0.717, 1.165) is 6.07 Å². The van der Waals surface area contributed by atoms with Gasteiger partial charge in [-0.2, -0.15) is 5.26 Å². The Kier molecular flexibility index (Phi) is 3.84. The number of hydrogen-bond acceptors (Lipinski definition) is 4. The van der Waals surface area contributed by atoms with Crippen molar-refractivity contribution in [3.8, 4) is 6.07 Å². The molecule has 0 saturated carbocycles. The summed E-state index contributed by atoms with van der Waals surface area (Å²) in [7, 11) is 0. The van der Waals surface area contributed by atoms with Crippen LogP contribution in [0.25, 0.3) is 0 Å². The van der Waals surface area contributed by atoms with Crippen LogP contribution in [0.2, 0.25) is 0 Å². The van der Waals surface area contributed by atoms with Crippen LogP contribution in [0.4, 0.5) is 14.6 Å². The lowest BCUT2D eigenvalue weighted by Gasteiger charge is -2.03. The summed E-state index contributed by atoms with van der Waals surface area (Å²) < 4.78 is 24.6. The minimum absolute atomic E-state index is 0.119. The van der Waals surface area contributed by atoms with E-state index < -0.39 is 22.7 Å². The molecule has 0 bridgehead atoms. The van der Waals surface area contributed by atoms with Gasteiger partial charge in [0, 0.05) is 15.9 Å². The largest absolute Gasteiger partial charge is 0.368 e. The number of alkyl halides is 2. The van der Waals surface area contributed by atoms with Crippen LogP contribution >= 0.6 is 15.9 Å². The minimum atomic E-state index is -2.81. The van der Waals surface area contributed by atoms with Crippen LogP contribution in [0.1, 0.15) is 17.6 Å². The molecular weight excluding hydrogens is 288 g/mol. The van der Waals surface area contributed by atoms with Crippen molar-refractivity contribution in [2.24, 2.45) is 0 Å². The zero-order valence-corrected chi connectivity index (χ0v) is 9.24. The van der Waals surface area contributed by atoms with Crippen molar-refractivity contribution in [2.45, 2.75) is 12.8 Å². The average Bonchev–Trinajstić information content (AvgIpc) is 2.19. The molecule has 0 saturated heterocycles. The lowest BCUT2D eigenvalue weighted by Crippen LogP contribution is -2.02. The lowest BCUT2D eigenvalue weighted by atomic mass is 10.1. The molecule has 0 N–H and O–H groups in total. The summed E-state index contributed by atoms with van der Waals surface area (Å²) in [5, 5.41) is 19.0. The van der Waals surface area contributed by atoms with E-state index in [1.54, 1.807) is 6.07 Å². The maximum Gasteiger partial charge on any atom is 0.368 e. The Labute approximate surface area is 97.0 Å². The van der Waals surface area contributed by atoms with E-state index in [0.29, 0.717) is 0 Å². The van der Waals surface area contributed by atoms with E-state index in [-0.39, 0.29) is 16.6 Å². The minimum Gasteiger partial charge on any atom is -0.358 e. The molecule has 1 heterocycles. The van der Waals surface area contributed by atoms with Crippen LogP contribution < -0.4 is 0 Å². The summed E-state index contributed by atoms with van der Waals surface area (Å²) >= 11 is 2.72. The van der Waals surface area contributed by atoms with Gasteiger partial charge in [0.2, 0.25) is 4.60 Å². The molecule has 0 radical (unpaired) electrons. The molecule has 5 nitrogen and oxygen atoms in total. The normalized spacial score (nSPS) is 10.2. The molecule has 0 unspecified atom stereocenters. The smallest absolute Gasteiger partial charge is 0.358 e. The average molecular weight is 292 g/mol. The number of nitriles is 1. The highest BCUT2D eigenvalue weighted by molar-refractivity contribution is 9.10. The fourth-order valence-electron chi connectivity index (χ4n) is 1.07. The van der Waals surface area contributed by atoms with Gasteiger partial charge in [0.25, 0.3) is 6.43 Å². The van der Waals surface area contributed by atoms with Crippen LogP contribution in [-0.4, -0.2) is 9.91 Å². The van der Waals surface area contributed by atoms with Crippen LogP contribution in [0, 0.1) is 21.4 Å². The fourth-order valence-corrected chi connectivity index (χ4v) is 1.52.